The number of aromatic hydroxyl groups is 3. The van der Waals surface area contributed by atoms with Crippen LogP contribution in [0, 0.1) is 11.3 Å². The van der Waals surface area contributed by atoms with Crippen LogP contribution in [0.2, 0.25) is 0 Å². The van der Waals surface area contributed by atoms with Crippen molar-refractivity contribution in [3.05, 3.63) is 234 Å². The van der Waals surface area contributed by atoms with Crippen LogP contribution in [0.4, 0.5) is 0 Å². The largest absolute Gasteiger partial charge is 0.508 e. The summed E-state index contributed by atoms with van der Waals surface area (Å²) in [5.74, 6) is 0.720. The molecule has 0 heterocycles. The van der Waals surface area contributed by atoms with Crippen molar-refractivity contribution in [2.45, 2.75) is 73.1 Å². The molecule has 0 spiro atoms. The van der Waals surface area contributed by atoms with Crippen LogP contribution >= 0.6 is 0 Å². The van der Waals surface area contributed by atoms with Gasteiger partial charge in [0.15, 0.2) is 6.29 Å². The Morgan fingerprint density at radius 3 is 1.08 bits per heavy atom. The van der Waals surface area contributed by atoms with Gasteiger partial charge in [0.25, 0.3) is 0 Å². The lowest BCUT2D eigenvalue weighted by Gasteiger charge is -2.16. The van der Waals surface area contributed by atoms with Gasteiger partial charge in [0.2, 0.25) is 0 Å². The Balaban J connectivity index is 0.000000180. The van der Waals surface area contributed by atoms with Gasteiger partial charge in [-0.2, -0.15) is 5.26 Å². The minimum absolute atomic E-state index is 0.236. The molecule has 0 saturated carbocycles. The number of aldehydes is 1. The summed E-state index contributed by atoms with van der Waals surface area (Å²) in [4.78, 5) is 11.8. The molecule has 7 nitrogen and oxygen atoms in total. The minimum atomic E-state index is 0.236. The molecule has 7 heteroatoms. The standard InChI is InChI=1S/C22H21NO2.C22H19NO.C22H20O2.C2H6/c1-2-6-16-13-19(15-23-25)22(18-7-4-3-5-8-18)21(14-16)17-9-11-20(24)12-10-17;2*1-2-6-16-13-19(15-23)22(18-7-4-3-5-8-18)21(14-16)17-9-11-20(24)12-10-17;1-2/h3-5,7-15,24-25H,2,6H2,1H3;3-5,7-14,24H,2,6H2,1H3;3-5,7-15,24H,2,6H2,1H3;1-2H3/b23-15+;;;. The van der Waals surface area contributed by atoms with E-state index in [2.05, 4.69) is 56.3 Å². The smallest absolute Gasteiger partial charge is 0.150 e. The Morgan fingerprint density at radius 1 is 0.427 bits per heavy atom. The van der Waals surface area contributed by atoms with E-state index in [1.54, 1.807) is 36.4 Å². The molecule has 9 aromatic carbocycles. The predicted molar refractivity (Wildman–Crippen MR) is 310 cm³/mol. The van der Waals surface area contributed by atoms with Gasteiger partial charge >= 0.3 is 0 Å². The number of carbonyl (C=O) groups excluding carboxylic acids is 1. The molecule has 0 atom stereocenters. The Labute approximate surface area is 443 Å². The maximum atomic E-state index is 11.8. The van der Waals surface area contributed by atoms with E-state index >= 15 is 0 Å². The van der Waals surface area contributed by atoms with E-state index in [-0.39, 0.29) is 17.2 Å². The van der Waals surface area contributed by atoms with E-state index < -0.39 is 0 Å². The van der Waals surface area contributed by atoms with Gasteiger partial charge in [-0.3, -0.25) is 4.79 Å². The number of carbonyl (C=O) groups is 1. The molecule has 378 valence electrons. The molecule has 0 bridgehead atoms. The van der Waals surface area contributed by atoms with Crippen LogP contribution in [0.25, 0.3) is 66.8 Å². The molecule has 0 aromatic heterocycles. The van der Waals surface area contributed by atoms with Crippen molar-refractivity contribution in [3.8, 4) is 90.1 Å². The minimum Gasteiger partial charge on any atom is -0.508 e. The zero-order chi connectivity index (χ0) is 53.5. The molecule has 0 fully saturated rings. The first kappa shape index (κ1) is 55.3. The lowest BCUT2D eigenvalue weighted by Crippen LogP contribution is -1.97. The number of phenolic OH excluding ortho intramolecular Hbond substituents is 3. The number of hydrogen-bond acceptors (Lipinski definition) is 7. The van der Waals surface area contributed by atoms with Crippen LogP contribution in [0.1, 0.15) is 92.1 Å². The summed E-state index contributed by atoms with van der Waals surface area (Å²) in [6, 6.07) is 66.5. The highest BCUT2D eigenvalue weighted by atomic mass is 16.4. The third kappa shape index (κ3) is 14.6. The summed E-state index contributed by atoms with van der Waals surface area (Å²) in [7, 11) is 0. The van der Waals surface area contributed by atoms with E-state index in [0.717, 1.165) is 128 Å². The van der Waals surface area contributed by atoms with Gasteiger partial charge in [0.1, 0.15) is 17.2 Å². The summed E-state index contributed by atoms with van der Waals surface area (Å²) in [5.41, 5.74) is 17.9. The maximum absolute atomic E-state index is 11.8. The monoisotopic (exact) mass is 990 g/mol. The van der Waals surface area contributed by atoms with Crippen LogP contribution in [-0.2, 0) is 19.3 Å². The molecule has 4 N–H and O–H groups in total. The van der Waals surface area contributed by atoms with Crippen LogP contribution in [-0.4, -0.2) is 33.0 Å². The van der Waals surface area contributed by atoms with Crippen molar-refractivity contribution < 1.29 is 25.3 Å². The first-order valence-corrected chi connectivity index (χ1v) is 25.8. The van der Waals surface area contributed by atoms with Gasteiger partial charge in [-0.15, -0.1) is 0 Å². The molecular formula is C68H66N2O5. The van der Waals surface area contributed by atoms with Gasteiger partial charge in [0, 0.05) is 22.3 Å². The SMILES string of the molecule is CC.CCCc1cc(/C=N/O)c(-c2ccccc2)c(-c2ccc(O)cc2)c1.CCCc1cc(C#N)c(-c2ccccc2)c(-c2ccc(O)cc2)c1.CCCc1cc(C=O)c(-c2ccccc2)c(-c2ccc(O)cc2)c1. The predicted octanol–water partition coefficient (Wildman–Crippen LogP) is 17.6. The first-order chi connectivity index (χ1) is 36.7. The molecule has 0 amide bonds. The lowest BCUT2D eigenvalue weighted by molar-refractivity contribution is 0.112. The molecule has 9 aromatic rings. The average Bonchev–Trinajstić information content (AvgIpc) is 3.45. The highest BCUT2D eigenvalue weighted by Crippen LogP contribution is 2.40. The second-order valence-corrected chi connectivity index (χ2v) is 17.7. The van der Waals surface area contributed by atoms with Gasteiger partial charge in [0.05, 0.1) is 17.8 Å². The van der Waals surface area contributed by atoms with Gasteiger partial charge < -0.3 is 20.5 Å². The average molecular weight is 991 g/mol. The molecule has 0 aliphatic carbocycles. The summed E-state index contributed by atoms with van der Waals surface area (Å²) in [5, 5.41) is 50.9. The Morgan fingerprint density at radius 2 is 0.747 bits per heavy atom. The van der Waals surface area contributed by atoms with Crippen LogP contribution in [0.5, 0.6) is 17.2 Å². The quantitative estimate of drug-likeness (QED) is 0.0371. The highest BCUT2D eigenvalue weighted by Gasteiger charge is 2.17. The first-order valence-electron chi connectivity index (χ1n) is 25.8. The molecule has 0 unspecified atom stereocenters. The number of rotatable bonds is 14. The van der Waals surface area contributed by atoms with E-state index in [1.807, 2.05) is 153 Å². The Bertz CT molecular complexity index is 3290. The summed E-state index contributed by atoms with van der Waals surface area (Å²) >= 11 is 0. The van der Waals surface area contributed by atoms with Crippen LogP contribution in [0.3, 0.4) is 0 Å². The Kier molecular flexibility index (Phi) is 20.9. The summed E-state index contributed by atoms with van der Waals surface area (Å²) in [6.07, 6.45) is 8.34. The fourth-order valence-electron chi connectivity index (χ4n) is 9.18. The fraction of sp³-hybridized carbons (Fsp3) is 0.162. The number of hydrogen-bond donors (Lipinski definition) is 4. The van der Waals surface area contributed by atoms with E-state index in [1.165, 1.54) is 11.8 Å². The normalized spacial score (nSPS) is 10.5. The zero-order valence-corrected chi connectivity index (χ0v) is 43.5. The second kappa shape index (κ2) is 28.3. The van der Waals surface area contributed by atoms with E-state index in [9.17, 15) is 25.4 Å². The lowest BCUT2D eigenvalue weighted by atomic mass is 9.88. The van der Waals surface area contributed by atoms with Gasteiger partial charge in [-0.1, -0.05) is 205 Å². The van der Waals surface area contributed by atoms with Crippen LogP contribution < -0.4 is 0 Å². The van der Waals surface area contributed by atoms with Crippen molar-refractivity contribution in [2.24, 2.45) is 5.16 Å². The molecule has 0 aliphatic rings. The zero-order valence-electron chi connectivity index (χ0n) is 43.5. The van der Waals surface area contributed by atoms with Crippen molar-refractivity contribution in [3.63, 3.8) is 0 Å². The molecular weight excluding hydrogens is 925 g/mol. The molecule has 0 aliphatic heterocycles. The van der Waals surface area contributed by atoms with Gasteiger partial charge in [-0.25, -0.2) is 0 Å². The molecule has 9 rings (SSSR count). The molecule has 0 radical (unpaired) electrons. The number of aryl methyl sites for hydroxylation is 3. The second-order valence-electron chi connectivity index (χ2n) is 17.7. The number of phenols is 3. The number of benzene rings is 9. The van der Waals surface area contributed by atoms with Crippen molar-refractivity contribution in [1.29, 1.82) is 5.26 Å². The van der Waals surface area contributed by atoms with Gasteiger partial charge in [-0.05, 0) is 146 Å². The molecule has 75 heavy (non-hydrogen) atoms. The van der Waals surface area contributed by atoms with Crippen molar-refractivity contribution >= 4 is 12.5 Å². The third-order valence-corrected chi connectivity index (χ3v) is 12.4. The number of oxime groups is 1. The summed E-state index contributed by atoms with van der Waals surface area (Å²) < 4.78 is 0. The third-order valence-electron chi connectivity index (χ3n) is 12.4. The highest BCUT2D eigenvalue weighted by molar-refractivity contribution is 5.98. The fourth-order valence-corrected chi connectivity index (χ4v) is 9.18. The van der Waals surface area contributed by atoms with Crippen LogP contribution in [0.15, 0.2) is 205 Å². The topological polar surface area (TPSA) is 134 Å². The van der Waals surface area contributed by atoms with Crippen molar-refractivity contribution in [1.82, 2.24) is 0 Å². The molecule has 0 saturated heterocycles. The maximum Gasteiger partial charge on any atom is 0.150 e. The van der Waals surface area contributed by atoms with Crippen molar-refractivity contribution in [2.75, 3.05) is 0 Å². The van der Waals surface area contributed by atoms with E-state index in [4.69, 9.17) is 5.21 Å². The number of nitriles is 1. The Hall–Kier alpha value is -8.99. The number of nitrogens with zero attached hydrogens (tertiary/aromatic N) is 2. The summed E-state index contributed by atoms with van der Waals surface area (Å²) in [6.45, 7) is 10.4. The van der Waals surface area contributed by atoms with E-state index in [0.29, 0.717) is 11.1 Å².